The summed E-state index contributed by atoms with van der Waals surface area (Å²) in [6, 6.07) is 8.51. The Morgan fingerprint density at radius 2 is 1.79 bits per heavy atom. The average molecular weight is 264 g/mol. The van der Waals surface area contributed by atoms with Crippen LogP contribution in [0.3, 0.4) is 0 Å². The van der Waals surface area contributed by atoms with E-state index in [1.54, 1.807) is 32.0 Å². The molecule has 19 heavy (non-hydrogen) atoms. The van der Waals surface area contributed by atoms with E-state index in [1.165, 1.54) is 18.2 Å². The molecule has 0 aliphatic rings. The topological polar surface area (TPSA) is 29.5 Å². The van der Waals surface area contributed by atoms with Crippen molar-refractivity contribution in [2.24, 2.45) is 0 Å². The van der Waals surface area contributed by atoms with Crippen LogP contribution >= 0.6 is 0 Å². The number of ether oxygens (including phenoxy) is 1. The third kappa shape index (κ3) is 3.09. The molecule has 0 aliphatic heterocycles. The zero-order chi connectivity index (χ0) is 14.0. The molecule has 0 aromatic heterocycles. The van der Waals surface area contributed by atoms with Crippen LogP contribution in [-0.2, 0) is 0 Å². The van der Waals surface area contributed by atoms with Gasteiger partial charge in [0.15, 0.2) is 11.6 Å². The first-order valence-corrected chi connectivity index (χ1v) is 5.89. The summed E-state index contributed by atoms with van der Waals surface area (Å²) in [6.07, 6.45) is -0.750. The number of aliphatic hydroxyl groups excluding tert-OH is 1. The third-order valence-electron chi connectivity index (χ3n) is 2.81. The van der Waals surface area contributed by atoms with Crippen LogP contribution in [0.1, 0.15) is 24.2 Å². The summed E-state index contributed by atoms with van der Waals surface area (Å²) >= 11 is 0. The van der Waals surface area contributed by atoms with Gasteiger partial charge in [0.25, 0.3) is 0 Å². The zero-order valence-electron chi connectivity index (χ0n) is 10.7. The molecule has 1 unspecified atom stereocenters. The molecule has 0 amide bonds. The molecule has 1 N–H and O–H groups in total. The third-order valence-corrected chi connectivity index (χ3v) is 2.81. The second-order valence-electron chi connectivity index (χ2n) is 4.38. The monoisotopic (exact) mass is 264 g/mol. The van der Waals surface area contributed by atoms with Crippen LogP contribution in [0.5, 0.6) is 11.5 Å². The second-order valence-corrected chi connectivity index (χ2v) is 4.38. The van der Waals surface area contributed by atoms with E-state index in [0.29, 0.717) is 11.1 Å². The maximum absolute atomic E-state index is 13.7. The molecule has 2 aromatic carbocycles. The van der Waals surface area contributed by atoms with Gasteiger partial charge in [0, 0.05) is 6.07 Å². The van der Waals surface area contributed by atoms with Gasteiger partial charge in [-0.3, -0.25) is 0 Å². The Balaban J connectivity index is 2.25. The fraction of sp³-hybridized carbons (Fsp3) is 0.200. The molecule has 4 heteroatoms. The molecule has 0 saturated carbocycles. The van der Waals surface area contributed by atoms with Gasteiger partial charge in [0.1, 0.15) is 11.6 Å². The molecule has 100 valence electrons. The van der Waals surface area contributed by atoms with E-state index in [-0.39, 0.29) is 11.5 Å². The van der Waals surface area contributed by atoms with Crippen molar-refractivity contribution in [1.82, 2.24) is 0 Å². The first kappa shape index (κ1) is 13.5. The van der Waals surface area contributed by atoms with Crippen LogP contribution in [-0.4, -0.2) is 5.11 Å². The molecule has 0 radical (unpaired) electrons. The average Bonchev–Trinajstić information content (AvgIpc) is 2.36. The Morgan fingerprint density at radius 1 is 1.05 bits per heavy atom. The smallest absolute Gasteiger partial charge is 0.166 e. The maximum atomic E-state index is 13.7. The Kier molecular flexibility index (Phi) is 3.81. The number of rotatable bonds is 3. The minimum atomic E-state index is -0.750. The van der Waals surface area contributed by atoms with Crippen molar-refractivity contribution >= 4 is 0 Å². The molecule has 2 rings (SSSR count). The molecule has 0 bridgehead atoms. The molecular formula is C15H14F2O2. The lowest BCUT2D eigenvalue weighted by Crippen LogP contribution is -1.95. The normalized spacial score (nSPS) is 12.3. The van der Waals surface area contributed by atoms with Gasteiger partial charge in [0.05, 0.1) is 6.10 Å². The lowest BCUT2D eigenvalue weighted by atomic mass is 10.1. The van der Waals surface area contributed by atoms with Gasteiger partial charge in [0.2, 0.25) is 0 Å². The van der Waals surface area contributed by atoms with Crippen LogP contribution in [0.25, 0.3) is 0 Å². The lowest BCUT2D eigenvalue weighted by Gasteiger charge is -2.10. The fourth-order valence-electron chi connectivity index (χ4n) is 1.62. The summed E-state index contributed by atoms with van der Waals surface area (Å²) in [5.74, 6) is -0.780. The number of aryl methyl sites for hydroxylation is 1. The van der Waals surface area contributed by atoms with Crippen LogP contribution in [0.4, 0.5) is 8.78 Å². The van der Waals surface area contributed by atoms with Gasteiger partial charge < -0.3 is 9.84 Å². The summed E-state index contributed by atoms with van der Waals surface area (Å²) in [5.41, 5.74) is 0.956. The van der Waals surface area contributed by atoms with Crippen molar-refractivity contribution in [1.29, 1.82) is 0 Å². The minimum absolute atomic E-state index is 0.00680. The van der Waals surface area contributed by atoms with E-state index in [0.717, 1.165) is 0 Å². The summed E-state index contributed by atoms with van der Waals surface area (Å²) in [5, 5.41) is 9.34. The molecule has 2 aromatic rings. The minimum Gasteiger partial charge on any atom is -0.454 e. The van der Waals surface area contributed by atoms with Gasteiger partial charge in [-0.15, -0.1) is 0 Å². The number of halogens is 2. The van der Waals surface area contributed by atoms with Gasteiger partial charge in [-0.2, -0.15) is 0 Å². The fourth-order valence-corrected chi connectivity index (χ4v) is 1.62. The molecule has 0 saturated heterocycles. The number of aliphatic hydroxyl groups is 1. The highest BCUT2D eigenvalue weighted by atomic mass is 19.1. The Hall–Kier alpha value is -1.94. The van der Waals surface area contributed by atoms with Gasteiger partial charge >= 0.3 is 0 Å². The van der Waals surface area contributed by atoms with E-state index in [4.69, 9.17) is 4.74 Å². The summed E-state index contributed by atoms with van der Waals surface area (Å²) < 4.78 is 32.4. The predicted octanol–water partition coefficient (Wildman–Crippen LogP) is 4.12. The SMILES string of the molecule is Cc1ccc(Oc2ccc(C(C)O)cc2F)cc1F. The van der Waals surface area contributed by atoms with E-state index in [2.05, 4.69) is 0 Å². The molecule has 1 atom stereocenters. The molecule has 0 spiro atoms. The van der Waals surface area contributed by atoms with E-state index in [1.807, 2.05) is 0 Å². The number of hydrogen-bond donors (Lipinski definition) is 1. The largest absolute Gasteiger partial charge is 0.454 e. The standard InChI is InChI=1S/C15H14F2O2/c1-9-3-5-12(8-13(9)16)19-15-6-4-11(10(2)18)7-14(15)17/h3-8,10,18H,1-2H3. The molecule has 0 fully saturated rings. The highest BCUT2D eigenvalue weighted by Gasteiger charge is 2.09. The number of benzene rings is 2. The molecular weight excluding hydrogens is 250 g/mol. The summed E-state index contributed by atoms with van der Waals surface area (Å²) in [4.78, 5) is 0. The van der Waals surface area contributed by atoms with Gasteiger partial charge in [-0.05, 0) is 43.2 Å². The van der Waals surface area contributed by atoms with Crippen LogP contribution in [0, 0.1) is 18.6 Å². The molecule has 0 heterocycles. The van der Waals surface area contributed by atoms with Gasteiger partial charge in [-0.25, -0.2) is 8.78 Å². The molecule has 0 aliphatic carbocycles. The van der Waals surface area contributed by atoms with Crippen molar-refractivity contribution in [2.75, 3.05) is 0 Å². The Labute approximate surface area is 110 Å². The number of hydrogen-bond acceptors (Lipinski definition) is 2. The second kappa shape index (κ2) is 5.36. The highest BCUT2D eigenvalue weighted by Crippen LogP contribution is 2.27. The van der Waals surface area contributed by atoms with Crippen molar-refractivity contribution in [2.45, 2.75) is 20.0 Å². The van der Waals surface area contributed by atoms with Crippen LogP contribution in [0.2, 0.25) is 0 Å². The molecule has 2 nitrogen and oxygen atoms in total. The van der Waals surface area contributed by atoms with Crippen molar-refractivity contribution in [3.63, 3.8) is 0 Å². The van der Waals surface area contributed by atoms with E-state index >= 15 is 0 Å². The van der Waals surface area contributed by atoms with Crippen LogP contribution in [0.15, 0.2) is 36.4 Å². The van der Waals surface area contributed by atoms with Crippen molar-refractivity contribution in [3.05, 3.63) is 59.2 Å². The lowest BCUT2D eigenvalue weighted by molar-refractivity contribution is 0.198. The van der Waals surface area contributed by atoms with Crippen LogP contribution < -0.4 is 4.74 Å². The van der Waals surface area contributed by atoms with E-state index in [9.17, 15) is 13.9 Å². The maximum Gasteiger partial charge on any atom is 0.166 e. The van der Waals surface area contributed by atoms with Gasteiger partial charge in [-0.1, -0.05) is 12.1 Å². The first-order chi connectivity index (χ1) is 8.97. The quantitative estimate of drug-likeness (QED) is 0.903. The van der Waals surface area contributed by atoms with Crippen molar-refractivity contribution in [3.8, 4) is 11.5 Å². The van der Waals surface area contributed by atoms with Crippen molar-refractivity contribution < 1.29 is 18.6 Å². The summed E-state index contributed by atoms with van der Waals surface area (Å²) in [6.45, 7) is 3.18. The Bertz CT molecular complexity index is 595. The highest BCUT2D eigenvalue weighted by molar-refractivity contribution is 5.36. The zero-order valence-corrected chi connectivity index (χ0v) is 10.7. The predicted molar refractivity (Wildman–Crippen MR) is 68.2 cm³/mol. The van der Waals surface area contributed by atoms with E-state index < -0.39 is 17.7 Å². The first-order valence-electron chi connectivity index (χ1n) is 5.89. The summed E-state index contributed by atoms with van der Waals surface area (Å²) in [7, 11) is 0. The Morgan fingerprint density at radius 3 is 2.37 bits per heavy atom.